The summed E-state index contributed by atoms with van der Waals surface area (Å²) in [7, 11) is -2.65. The van der Waals surface area contributed by atoms with E-state index in [1.165, 1.54) is 103 Å². The molecule has 0 aliphatic carbocycles. The lowest BCUT2D eigenvalue weighted by atomic mass is 10.1. The van der Waals surface area contributed by atoms with Gasteiger partial charge in [0.05, 0.1) is 13.2 Å². The lowest BCUT2D eigenvalue weighted by molar-refractivity contribution is -0.161. The Morgan fingerprint density at radius 1 is 0.574 bits per heavy atom. The number of unbranched alkanes of at least 4 members (excludes halogenated alkanes) is 21. The predicted molar refractivity (Wildman–Crippen MR) is 225 cm³/mol. The van der Waals surface area contributed by atoms with Crippen molar-refractivity contribution in [2.24, 2.45) is 0 Å². The van der Waals surface area contributed by atoms with Crippen molar-refractivity contribution in [1.29, 1.82) is 0 Å². The van der Waals surface area contributed by atoms with Crippen molar-refractivity contribution in [2.75, 3.05) is 33.4 Å². The summed E-state index contributed by atoms with van der Waals surface area (Å²) in [6.07, 6.45) is 43.2. The number of hydrogen-bond donors (Lipinski definition) is 2. The van der Waals surface area contributed by atoms with Gasteiger partial charge in [0.15, 0.2) is 6.10 Å². The highest BCUT2D eigenvalue weighted by Gasteiger charge is 2.26. The third kappa shape index (κ3) is 39.9. The third-order valence-corrected chi connectivity index (χ3v) is 10.2. The number of likely N-dealkylation sites (N-methyl/N-ethyl adjacent to an activating group) is 1. The highest BCUT2D eigenvalue weighted by atomic mass is 31.2. The number of rotatable bonds is 41. The summed E-state index contributed by atoms with van der Waals surface area (Å²) in [4.78, 5) is 35.1. The molecule has 9 nitrogen and oxygen atoms in total. The van der Waals surface area contributed by atoms with Gasteiger partial charge in [-0.2, -0.15) is 0 Å². The van der Waals surface area contributed by atoms with E-state index in [1.54, 1.807) is 7.05 Å². The summed E-state index contributed by atoms with van der Waals surface area (Å²) in [6.45, 7) is 4.18. The maximum Gasteiger partial charge on any atom is 0.472 e. The molecule has 0 bridgehead atoms. The second-order valence-electron chi connectivity index (χ2n) is 14.5. The average Bonchev–Trinajstić information content (AvgIpc) is 3.15. The van der Waals surface area contributed by atoms with Crippen molar-refractivity contribution in [1.82, 2.24) is 5.32 Å². The van der Waals surface area contributed by atoms with Crippen LogP contribution in [0.1, 0.15) is 194 Å². The minimum atomic E-state index is -4.35. The largest absolute Gasteiger partial charge is 0.472 e. The van der Waals surface area contributed by atoms with Gasteiger partial charge in [-0.1, -0.05) is 147 Å². The second kappa shape index (κ2) is 40.9. The molecule has 0 aliphatic rings. The Bertz CT molecular complexity index is 986. The van der Waals surface area contributed by atoms with Crippen LogP contribution in [0.5, 0.6) is 0 Å². The second-order valence-corrected chi connectivity index (χ2v) is 16.0. The van der Waals surface area contributed by atoms with Crippen LogP contribution in [-0.2, 0) is 32.7 Å². The molecule has 0 rings (SSSR count). The van der Waals surface area contributed by atoms with E-state index in [0.29, 0.717) is 13.0 Å². The molecular weight excluding hydrogens is 701 g/mol. The molecule has 0 radical (unpaired) electrons. The first-order valence-corrected chi connectivity index (χ1v) is 23.4. The molecule has 0 spiro atoms. The van der Waals surface area contributed by atoms with Crippen LogP contribution in [-0.4, -0.2) is 56.3 Å². The Balaban J connectivity index is 4.23. The highest BCUT2D eigenvalue weighted by Crippen LogP contribution is 2.43. The number of esters is 2. The van der Waals surface area contributed by atoms with Gasteiger partial charge in [-0.25, -0.2) is 4.57 Å². The predicted octanol–water partition coefficient (Wildman–Crippen LogP) is 12.4. The van der Waals surface area contributed by atoms with Crippen LogP contribution in [0.15, 0.2) is 36.5 Å². The van der Waals surface area contributed by atoms with Crippen LogP contribution >= 0.6 is 7.82 Å². The van der Waals surface area contributed by atoms with Gasteiger partial charge < -0.3 is 19.7 Å². The molecule has 0 saturated heterocycles. The van der Waals surface area contributed by atoms with Crippen molar-refractivity contribution < 1.29 is 37.6 Å². The maximum absolute atomic E-state index is 12.6. The summed E-state index contributed by atoms with van der Waals surface area (Å²) in [6, 6.07) is 0. The number of phosphoric ester groups is 1. The number of nitrogens with one attached hydrogen (secondary N) is 1. The standard InChI is InChI=1S/C44H82NO8P/c1-4-6-8-10-12-14-16-18-20-21-23-25-27-29-31-33-35-37-44(47)53-42(41-52-54(48,49)51-39-38-45-3)40-50-43(46)36-34-32-30-28-26-24-22-19-17-15-13-11-9-7-5-2/h12,14-15,17-18,20,42,45H,4-11,13,16,19,21-41H2,1-3H3,(H,48,49)/b14-12-,17-15-,20-18-. The van der Waals surface area contributed by atoms with Gasteiger partial charge in [0.25, 0.3) is 0 Å². The van der Waals surface area contributed by atoms with Gasteiger partial charge in [0.1, 0.15) is 6.61 Å². The van der Waals surface area contributed by atoms with Gasteiger partial charge in [0, 0.05) is 19.4 Å². The van der Waals surface area contributed by atoms with Crippen LogP contribution in [0.3, 0.4) is 0 Å². The first kappa shape index (κ1) is 52.2. The minimum Gasteiger partial charge on any atom is -0.462 e. The topological polar surface area (TPSA) is 120 Å². The zero-order chi connectivity index (χ0) is 39.6. The van der Waals surface area contributed by atoms with E-state index >= 15 is 0 Å². The minimum absolute atomic E-state index is 0.0194. The molecule has 0 aromatic rings. The van der Waals surface area contributed by atoms with Gasteiger partial charge >= 0.3 is 19.8 Å². The SMILES string of the molecule is CCCCC/C=C\C/C=C\CCCCCCCCCC(=O)OC(COC(=O)CCCCCCCCC/C=C\CCCCCC)COP(=O)(O)OCCNC. The maximum atomic E-state index is 12.6. The molecule has 0 saturated carbocycles. The summed E-state index contributed by atoms with van der Waals surface area (Å²) in [5.74, 6) is -0.819. The lowest BCUT2D eigenvalue weighted by Gasteiger charge is -2.20. The fraction of sp³-hybridized carbons (Fsp3) is 0.818. The fourth-order valence-corrected chi connectivity index (χ4v) is 6.62. The molecule has 0 aromatic heterocycles. The van der Waals surface area contributed by atoms with Gasteiger partial charge in [-0.3, -0.25) is 18.6 Å². The zero-order valence-electron chi connectivity index (χ0n) is 34.9. The van der Waals surface area contributed by atoms with E-state index in [9.17, 15) is 19.0 Å². The quantitative estimate of drug-likeness (QED) is 0.0270. The Hall–Kier alpha value is -1.77. The molecule has 0 fully saturated rings. The van der Waals surface area contributed by atoms with Crippen molar-refractivity contribution >= 4 is 19.8 Å². The number of hydrogen-bond acceptors (Lipinski definition) is 8. The summed E-state index contributed by atoms with van der Waals surface area (Å²) in [5.41, 5.74) is 0. The van der Waals surface area contributed by atoms with E-state index in [-0.39, 0.29) is 32.0 Å². The molecule has 2 unspecified atom stereocenters. The van der Waals surface area contributed by atoms with Crippen molar-refractivity contribution in [3.63, 3.8) is 0 Å². The average molecular weight is 784 g/mol. The fourth-order valence-electron chi connectivity index (χ4n) is 5.87. The monoisotopic (exact) mass is 784 g/mol. The van der Waals surface area contributed by atoms with E-state index in [4.69, 9.17) is 18.5 Å². The zero-order valence-corrected chi connectivity index (χ0v) is 35.8. The first-order valence-electron chi connectivity index (χ1n) is 21.9. The molecular formula is C44H82NO8P. The van der Waals surface area contributed by atoms with E-state index in [0.717, 1.165) is 57.8 Å². The van der Waals surface area contributed by atoms with E-state index in [1.807, 2.05) is 0 Å². The normalized spacial score (nSPS) is 13.6. The van der Waals surface area contributed by atoms with Crippen molar-refractivity contribution in [3.8, 4) is 0 Å². The number of carbonyl (C=O) groups excluding carboxylic acids is 2. The van der Waals surface area contributed by atoms with Crippen LogP contribution in [0.25, 0.3) is 0 Å². The van der Waals surface area contributed by atoms with Crippen molar-refractivity contribution in [3.05, 3.63) is 36.5 Å². The molecule has 0 heterocycles. The molecule has 54 heavy (non-hydrogen) atoms. The number of allylic oxidation sites excluding steroid dienone is 6. The number of phosphoric acid groups is 1. The summed E-state index contributed by atoms with van der Waals surface area (Å²) >= 11 is 0. The Morgan fingerprint density at radius 3 is 1.52 bits per heavy atom. The molecule has 2 atom stereocenters. The summed E-state index contributed by atoms with van der Waals surface area (Å²) < 4.78 is 33.2. The van der Waals surface area contributed by atoms with Crippen LogP contribution < -0.4 is 5.32 Å². The Kier molecular flexibility index (Phi) is 39.5. The van der Waals surface area contributed by atoms with Gasteiger partial charge in [-0.15, -0.1) is 0 Å². The Labute approximate surface area is 331 Å². The molecule has 0 aliphatic heterocycles. The molecule has 316 valence electrons. The van der Waals surface area contributed by atoms with E-state index < -0.39 is 26.5 Å². The van der Waals surface area contributed by atoms with Crippen LogP contribution in [0.2, 0.25) is 0 Å². The van der Waals surface area contributed by atoms with Crippen LogP contribution in [0.4, 0.5) is 0 Å². The molecule has 10 heteroatoms. The number of carbonyl (C=O) groups is 2. The number of ether oxygens (including phenoxy) is 2. The first-order chi connectivity index (χ1) is 26.3. The Morgan fingerprint density at radius 2 is 1.00 bits per heavy atom. The van der Waals surface area contributed by atoms with Crippen molar-refractivity contribution in [2.45, 2.75) is 200 Å². The smallest absolute Gasteiger partial charge is 0.462 e. The van der Waals surface area contributed by atoms with Gasteiger partial charge in [0.2, 0.25) is 0 Å². The summed E-state index contributed by atoms with van der Waals surface area (Å²) in [5, 5.41) is 2.82. The molecule has 0 aromatic carbocycles. The van der Waals surface area contributed by atoms with Crippen LogP contribution in [0, 0.1) is 0 Å². The van der Waals surface area contributed by atoms with E-state index in [2.05, 4.69) is 55.6 Å². The highest BCUT2D eigenvalue weighted by molar-refractivity contribution is 7.47. The van der Waals surface area contributed by atoms with Gasteiger partial charge in [-0.05, 0) is 77.7 Å². The lowest BCUT2D eigenvalue weighted by Crippen LogP contribution is -2.29. The molecule has 2 N–H and O–H groups in total. The molecule has 0 amide bonds. The third-order valence-electron chi connectivity index (χ3n) is 9.23.